The number of hydrogen-bond acceptors (Lipinski definition) is 7. The van der Waals surface area contributed by atoms with Crippen LogP contribution in [0.25, 0.3) is 0 Å². The van der Waals surface area contributed by atoms with Crippen molar-refractivity contribution in [2.75, 3.05) is 20.3 Å². The highest BCUT2D eigenvalue weighted by Crippen LogP contribution is 2.46. The summed E-state index contributed by atoms with van der Waals surface area (Å²) in [6, 6.07) is 7.77. The molecule has 30 heavy (non-hydrogen) atoms. The minimum Gasteiger partial charge on any atom is -0.465 e. The summed E-state index contributed by atoms with van der Waals surface area (Å²) in [6.45, 7) is 4.16. The molecule has 1 aliphatic carbocycles. The van der Waals surface area contributed by atoms with Crippen molar-refractivity contribution < 1.29 is 23.5 Å². The molecule has 0 amide bonds. The average Bonchev–Trinajstić information content (AvgIpc) is 3.38. The SMILES string of the molecule is COCCOC(=O)C1=C(C)NC2=C(C(=O)C[C@H](c3cccs3)C2)[C@@H]1c1ccc(C)o1. The molecule has 2 aromatic rings. The third-order valence-electron chi connectivity index (χ3n) is 5.56. The van der Waals surface area contributed by atoms with Gasteiger partial charge in [-0.1, -0.05) is 6.07 Å². The maximum Gasteiger partial charge on any atom is 0.336 e. The van der Waals surface area contributed by atoms with Gasteiger partial charge in [-0.25, -0.2) is 4.79 Å². The normalized spacial score (nSPS) is 21.5. The van der Waals surface area contributed by atoms with Crippen LogP contribution in [0.2, 0.25) is 0 Å². The second-order valence-corrected chi connectivity index (χ2v) is 8.59. The number of aryl methyl sites for hydroxylation is 1. The summed E-state index contributed by atoms with van der Waals surface area (Å²) >= 11 is 1.67. The van der Waals surface area contributed by atoms with E-state index in [1.807, 2.05) is 37.4 Å². The fourth-order valence-electron chi connectivity index (χ4n) is 4.22. The minimum absolute atomic E-state index is 0.0379. The molecule has 1 aliphatic heterocycles. The van der Waals surface area contributed by atoms with Crippen LogP contribution in [0.1, 0.15) is 48.0 Å². The van der Waals surface area contributed by atoms with E-state index in [2.05, 4.69) is 11.4 Å². The zero-order valence-electron chi connectivity index (χ0n) is 17.3. The van der Waals surface area contributed by atoms with Gasteiger partial charge in [0.15, 0.2) is 5.78 Å². The second-order valence-electron chi connectivity index (χ2n) is 7.61. The standard InChI is InChI=1S/C23H25NO5S/c1-13-6-7-18(29-13)22-20(23(26)28-9-8-27-3)14(2)24-16-11-15(12-17(25)21(16)22)19-5-4-10-30-19/h4-7,10,15,22,24H,8-9,11-12H2,1-3H3/t15-,22-/m1/s1. The van der Waals surface area contributed by atoms with Crippen LogP contribution in [0.3, 0.4) is 0 Å². The van der Waals surface area contributed by atoms with Crippen LogP contribution in [-0.4, -0.2) is 32.1 Å². The zero-order valence-corrected chi connectivity index (χ0v) is 18.1. The largest absolute Gasteiger partial charge is 0.465 e. The van der Waals surface area contributed by atoms with Gasteiger partial charge in [-0.15, -0.1) is 11.3 Å². The number of esters is 1. The number of rotatable bonds is 6. The molecule has 0 radical (unpaired) electrons. The molecule has 3 heterocycles. The third kappa shape index (κ3) is 3.87. The number of methoxy groups -OCH3 is 1. The van der Waals surface area contributed by atoms with Gasteiger partial charge in [0.2, 0.25) is 0 Å². The third-order valence-corrected chi connectivity index (χ3v) is 6.59. The Bertz CT molecular complexity index is 1010. The predicted molar refractivity (Wildman–Crippen MR) is 113 cm³/mol. The molecule has 2 aromatic heterocycles. The predicted octanol–water partition coefficient (Wildman–Crippen LogP) is 4.20. The molecule has 0 unspecified atom stereocenters. The summed E-state index contributed by atoms with van der Waals surface area (Å²) < 4.78 is 16.3. The maximum absolute atomic E-state index is 13.3. The molecule has 2 aliphatic rings. The Balaban J connectivity index is 1.73. The molecule has 0 aromatic carbocycles. The van der Waals surface area contributed by atoms with Crippen molar-refractivity contribution in [3.05, 3.63) is 68.6 Å². The highest BCUT2D eigenvalue weighted by molar-refractivity contribution is 7.10. The molecule has 4 rings (SSSR count). The first-order valence-corrected chi connectivity index (χ1v) is 10.9. The van der Waals surface area contributed by atoms with Crippen LogP contribution in [0.15, 0.2) is 56.6 Å². The quantitative estimate of drug-likeness (QED) is 0.550. The summed E-state index contributed by atoms with van der Waals surface area (Å²) in [4.78, 5) is 27.5. The lowest BCUT2D eigenvalue weighted by Gasteiger charge is -2.35. The topological polar surface area (TPSA) is 77.8 Å². The molecule has 0 spiro atoms. The Hall–Kier alpha value is -2.64. The van der Waals surface area contributed by atoms with Crippen LogP contribution < -0.4 is 5.32 Å². The summed E-state index contributed by atoms with van der Waals surface area (Å²) in [5, 5.41) is 5.37. The first kappa shape index (κ1) is 20.6. The van der Waals surface area contributed by atoms with Gasteiger partial charge in [-0.05, 0) is 43.8 Å². The molecule has 0 bridgehead atoms. The summed E-state index contributed by atoms with van der Waals surface area (Å²) in [6.07, 6.45) is 1.14. The molecule has 158 valence electrons. The van der Waals surface area contributed by atoms with E-state index in [0.717, 1.165) is 17.9 Å². The Labute approximate surface area is 179 Å². The monoisotopic (exact) mass is 427 g/mol. The Morgan fingerprint density at radius 1 is 1.23 bits per heavy atom. The first-order valence-electron chi connectivity index (χ1n) is 9.99. The summed E-state index contributed by atoms with van der Waals surface area (Å²) in [5.41, 5.74) is 2.59. The number of furan rings is 1. The highest BCUT2D eigenvalue weighted by Gasteiger charge is 2.42. The fraction of sp³-hybridized carbons (Fsp3) is 0.391. The number of allylic oxidation sites excluding steroid dienone is 3. The molecule has 2 atom stereocenters. The molecule has 7 heteroatoms. The van der Waals surface area contributed by atoms with Crippen LogP contribution >= 0.6 is 11.3 Å². The van der Waals surface area contributed by atoms with E-state index in [1.54, 1.807) is 18.4 Å². The Morgan fingerprint density at radius 2 is 2.07 bits per heavy atom. The first-order chi connectivity index (χ1) is 14.5. The molecule has 0 saturated heterocycles. The number of Topliss-reactive ketones (excluding diaryl/α,β-unsaturated/α-hetero) is 1. The van der Waals surface area contributed by atoms with E-state index >= 15 is 0 Å². The second kappa shape index (κ2) is 8.62. The number of hydrogen-bond donors (Lipinski definition) is 1. The molecular formula is C23H25NO5S. The summed E-state index contributed by atoms with van der Waals surface area (Å²) in [5.74, 6) is 0.469. The number of thiophene rings is 1. The molecule has 6 nitrogen and oxygen atoms in total. The van der Waals surface area contributed by atoms with Crippen molar-refractivity contribution in [3.63, 3.8) is 0 Å². The van der Waals surface area contributed by atoms with Crippen molar-refractivity contribution in [1.29, 1.82) is 0 Å². The lowest BCUT2D eigenvalue weighted by Crippen LogP contribution is -2.36. The van der Waals surface area contributed by atoms with Gasteiger partial charge in [-0.3, -0.25) is 4.79 Å². The van der Waals surface area contributed by atoms with Crippen molar-refractivity contribution in [2.24, 2.45) is 0 Å². The lowest BCUT2D eigenvalue weighted by atomic mass is 9.74. The highest BCUT2D eigenvalue weighted by atomic mass is 32.1. The number of carbonyl (C=O) groups excluding carboxylic acids is 2. The number of dihydropyridines is 1. The number of nitrogens with one attached hydrogen (secondary N) is 1. The van der Waals surface area contributed by atoms with E-state index < -0.39 is 11.9 Å². The smallest absolute Gasteiger partial charge is 0.336 e. The molecule has 0 fully saturated rings. The molecular weight excluding hydrogens is 402 g/mol. The van der Waals surface area contributed by atoms with E-state index in [4.69, 9.17) is 13.9 Å². The van der Waals surface area contributed by atoms with Crippen molar-refractivity contribution >= 4 is 23.1 Å². The van der Waals surface area contributed by atoms with Crippen molar-refractivity contribution in [3.8, 4) is 0 Å². The van der Waals surface area contributed by atoms with E-state index in [-0.39, 0.29) is 18.3 Å². The van der Waals surface area contributed by atoms with Gasteiger partial charge in [0.05, 0.1) is 18.1 Å². The van der Waals surface area contributed by atoms with E-state index in [1.165, 1.54) is 4.88 Å². The Kier molecular flexibility index (Phi) is 5.92. The van der Waals surface area contributed by atoms with Gasteiger partial charge in [0.25, 0.3) is 0 Å². The molecule has 1 N–H and O–H groups in total. The van der Waals surface area contributed by atoms with Gasteiger partial charge in [0, 0.05) is 41.3 Å². The van der Waals surface area contributed by atoms with Crippen LogP contribution in [-0.2, 0) is 19.1 Å². The van der Waals surface area contributed by atoms with Gasteiger partial charge in [-0.2, -0.15) is 0 Å². The number of ether oxygens (including phenoxy) is 2. The zero-order chi connectivity index (χ0) is 21.3. The van der Waals surface area contributed by atoms with Gasteiger partial charge in [0.1, 0.15) is 18.1 Å². The molecule has 0 saturated carbocycles. The Morgan fingerprint density at radius 3 is 2.73 bits per heavy atom. The maximum atomic E-state index is 13.3. The van der Waals surface area contributed by atoms with Gasteiger partial charge < -0.3 is 19.2 Å². The fourth-order valence-corrected chi connectivity index (χ4v) is 5.05. The van der Waals surface area contributed by atoms with Crippen molar-refractivity contribution in [1.82, 2.24) is 5.32 Å². The van der Waals surface area contributed by atoms with Crippen LogP contribution in [0, 0.1) is 6.92 Å². The summed E-state index contributed by atoms with van der Waals surface area (Å²) in [7, 11) is 1.55. The van der Waals surface area contributed by atoms with E-state index in [0.29, 0.717) is 35.6 Å². The number of ketones is 1. The average molecular weight is 428 g/mol. The van der Waals surface area contributed by atoms with Crippen LogP contribution in [0.4, 0.5) is 0 Å². The van der Waals surface area contributed by atoms with E-state index in [9.17, 15) is 9.59 Å². The van der Waals surface area contributed by atoms with Gasteiger partial charge >= 0.3 is 5.97 Å². The minimum atomic E-state index is -0.568. The van der Waals surface area contributed by atoms with Crippen molar-refractivity contribution in [2.45, 2.75) is 38.5 Å². The number of carbonyl (C=O) groups is 2. The van der Waals surface area contributed by atoms with Crippen LogP contribution in [0.5, 0.6) is 0 Å². The lowest BCUT2D eigenvalue weighted by molar-refractivity contribution is -0.140.